The fourth-order valence-electron chi connectivity index (χ4n) is 1.34. The highest BCUT2D eigenvalue weighted by molar-refractivity contribution is 9.10. The van der Waals surface area contributed by atoms with E-state index < -0.39 is 6.04 Å². The number of hydrogen-bond donors (Lipinski definition) is 1. The molecule has 0 saturated carbocycles. The molecule has 0 bridgehead atoms. The van der Waals surface area contributed by atoms with E-state index in [1.165, 1.54) is 7.11 Å². The summed E-state index contributed by atoms with van der Waals surface area (Å²) in [7, 11) is 1.38. The molecule has 1 atom stereocenters. The second-order valence-corrected chi connectivity index (χ2v) is 4.63. The molecular formula is C11H15BrN2O2. The molecule has 16 heavy (non-hydrogen) atoms. The third kappa shape index (κ3) is 3.57. The van der Waals surface area contributed by atoms with Gasteiger partial charge in [0, 0.05) is 22.9 Å². The van der Waals surface area contributed by atoms with Gasteiger partial charge in [0.05, 0.1) is 7.11 Å². The lowest BCUT2D eigenvalue weighted by atomic mass is 10.1. The van der Waals surface area contributed by atoms with Gasteiger partial charge in [-0.25, -0.2) is 4.79 Å². The minimum absolute atomic E-state index is 0.183. The van der Waals surface area contributed by atoms with E-state index in [9.17, 15) is 4.79 Å². The van der Waals surface area contributed by atoms with Crippen molar-refractivity contribution >= 4 is 21.9 Å². The molecule has 1 heterocycles. The van der Waals surface area contributed by atoms with Crippen LogP contribution in [0.4, 0.5) is 0 Å². The van der Waals surface area contributed by atoms with Crippen LogP contribution in [0.3, 0.4) is 0 Å². The van der Waals surface area contributed by atoms with Crippen LogP contribution in [-0.4, -0.2) is 24.1 Å². The highest BCUT2D eigenvalue weighted by atomic mass is 79.9. The van der Waals surface area contributed by atoms with Crippen LogP contribution in [0.1, 0.15) is 25.5 Å². The number of rotatable bonds is 4. The first-order valence-electron chi connectivity index (χ1n) is 4.99. The summed E-state index contributed by atoms with van der Waals surface area (Å²) in [5.41, 5.74) is 0.787. The smallest absolute Gasteiger partial charge is 0.327 e. The lowest BCUT2D eigenvalue weighted by Crippen LogP contribution is -2.34. The molecule has 1 rings (SSSR count). The quantitative estimate of drug-likeness (QED) is 0.861. The molecular weight excluding hydrogens is 272 g/mol. The van der Waals surface area contributed by atoms with E-state index in [0.29, 0.717) is 0 Å². The lowest BCUT2D eigenvalue weighted by molar-refractivity contribution is -0.143. The van der Waals surface area contributed by atoms with Gasteiger partial charge in [-0.3, -0.25) is 10.3 Å². The average molecular weight is 287 g/mol. The number of hydrogen-bond acceptors (Lipinski definition) is 4. The van der Waals surface area contributed by atoms with Crippen molar-refractivity contribution in [1.82, 2.24) is 10.3 Å². The Labute approximate surface area is 104 Å². The SMILES string of the molecule is COC(=O)C(NC(C)C)c1cncc(Br)c1. The van der Waals surface area contributed by atoms with Crippen LogP contribution in [0.5, 0.6) is 0 Å². The van der Waals surface area contributed by atoms with E-state index in [1.54, 1.807) is 12.4 Å². The lowest BCUT2D eigenvalue weighted by Gasteiger charge is -2.19. The van der Waals surface area contributed by atoms with Crippen molar-refractivity contribution in [3.63, 3.8) is 0 Å². The first-order chi connectivity index (χ1) is 7.54. The fraction of sp³-hybridized carbons (Fsp3) is 0.455. The summed E-state index contributed by atoms with van der Waals surface area (Å²) in [5.74, 6) is -0.311. The Hall–Kier alpha value is -0.940. The van der Waals surface area contributed by atoms with Crippen LogP contribution in [-0.2, 0) is 9.53 Å². The Morgan fingerprint density at radius 2 is 2.19 bits per heavy atom. The van der Waals surface area contributed by atoms with E-state index in [0.717, 1.165) is 10.0 Å². The van der Waals surface area contributed by atoms with Crippen molar-refractivity contribution < 1.29 is 9.53 Å². The van der Waals surface area contributed by atoms with Crippen LogP contribution in [0.15, 0.2) is 22.9 Å². The number of carbonyl (C=O) groups is 1. The van der Waals surface area contributed by atoms with Gasteiger partial charge in [-0.15, -0.1) is 0 Å². The molecule has 0 aliphatic carbocycles. The summed E-state index contributed by atoms with van der Waals surface area (Å²) in [6.07, 6.45) is 3.33. The molecule has 1 aromatic heterocycles. The molecule has 0 aliphatic heterocycles. The summed E-state index contributed by atoms with van der Waals surface area (Å²) >= 11 is 3.33. The summed E-state index contributed by atoms with van der Waals surface area (Å²) in [4.78, 5) is 15.7. The minimum atomic E-state index is -0.477. The van der Waals surface area contributed by atoms with Crippen molar-refractivity contribution in [1.29, 1.82) is 0 Å². The monoisotopic (exact) mass is 286 g/mol. The standard InChI is InChI=1S/C11H15BrN2O2/c1-7(2)14-10(11(15)16-3)8-4-9(12)6-13-5-8/h4-7,10,14H,1-3H3. The molecule has 0 saturated heterocycles. The number of ether oxygens (including phenoxy) is 1. The first-order valence-corrected chi connectivity index (χ1v) is 5.78. The number of pyridine rings is 1. The number of halogens is 1. The van der Waals surface area contributed by atoms with Crippen LogP contribution < -0.4 is 5.32 Å². The summed E-state index contributed by atoms with van der Waals surface area (Å²) < 4.78 is 5.60. The zero-order valence-electron chi connectivity index (χ0n) is 9.53. The van der Waals surface area contributed by atoms with Crippen molar-refractivity contribution in [2.24, 2.45) is 0 Å². The highest BCUT2D eigenvalue weighted by Crippen LogP contribution is 2.18. The molecule has 0 aromatic carbocycles. The second kappa shape index (κ2) is 5.96. The molecule has 0 radical (unpaired) electrons. The molecule has 1 N–H and O–H groups in total. The number of nitrogens with zero attached hydrogens (tertiary/aromatic N) is 1. The molecule has 88 valence electrons. The molecule has 0 amide bonds. The molecule has 1 aromatic rings. The third-order valence-corrected chi connectivity index (χ3v) is 2.43. The molecule has 0 aliphatic rings. The number of methoxy groups -OCH3 is 1. The van der Waals surface area contributed by atoms with Crippen LogP contribution in [0.25, 0.3) is 0 Å². The van der Waals surface area contributed by atoms with Crippen molar-refractivity contribution in [3.8, 4) is 0 Å². The van der Waals surface area contributed by atoms with Gasteiger partial charge < -0.3 is 4.74 Å². The first kappa shape index (κ1) is 13.1. The summed E-state index contributed by atoms with van der Waals surface area (Å²) in [5, 5.41) is 3.14. The minimum Gasteiger partial charge on any atom is -0.468 e. The number of carbonyl (C=O) groups excluding carboxylic acids is 1. The van der Waals surface area contributed by atoms with Crippen LogP contribution >= 0.6 is 15.9 Å². The van der Waals surface area contributed by atoms with E-state index >= 15 is 0 Å². The van der Waals surface area contributed by atoms with Gasteiger partial charge in [-0.1, -0.05) is 0 Å². The Morgan fingerprint density at radius 3 is 2.69 bits per heavy atom. The van der Waals surface area contributed by atoms with Gasteiger partial charge in [0.25, 0.3) is 0 Å². The van der Waals surface area contributed by atoms with Gasteiger partial charge >= 0.3 is 5.97 Å². The van der Waals surface area contributed by atoms with Crippen molar-refractivity contribution in [2.45, 2.75) is 25.9 Å². The van der Waals surface area contributed by atoms with Gasteiger partial charge in [-0.2, -0.15) is 0 Å². The van der Waals surface area contributed by atoms with E-state index in [4.69, 9.17) is 4.74 Å². The van der Waals surface area contributed by atoms with Gasteiger partial charge in [0.2, 0.25) is 0 Å². The topological polar surface area (TPSA) is 51.2 Å². The van der Waals surface area contributed by atoms with Gasteiger partial charge in [0.1, 0.15) is 6.04 Å². The Kier molecular flexibility index (Phi) is 4.89. The predicted molar refractivity (Wildman–Crippen MR) is 65.0 cm³/mol. The average Bonchev–Trinajstić information content (AvgIpc) is 2.24. The zero-order chi connectivity index (χ0) is 12.1. The maximum absolute atomic E-state index is 11.6. The predicted octanol–water partition coefficient (Wildman–Crippen LogP) is 2.06. The van der Waals surface area contributed by atoms with E-state index in [2.05, 4.69) is 26.2 Å². The molecule has 5 heteroatoms. The number of nitrogens with one attached hydrogen (secondary N) is 1. The maximum Gasteiger partial charge on any atom is 0.327 e. The Morgan fingerprint density at radius 1 is 1.50 bits per heavy atom. The van der Waals surface area contributed by atoms with Crippen LogP contribution in [0, 0.1) is 0 Å². The van der Waals surface area contributed by atoms with E-state index in [-0.39, 0.29) is 12.0 Å². The Bertz CT molecular complexity index is 369. The normalized spacial score (nSPS) is 12.6. The van der Waals surface area contributed by atoms with Crippen LogP contribution in [0.2, 0.25) is 0 Å². The maximum atomic E-state index is 11.6. The second-order valence-electron chi connectivity index (χ2n) is 3.71. The number of aromatic nitrogens is 1. The highest BCUT2D eigenvalue weighted by Gasteiger charge is 2.22. The molecule has 0 spiro atoms. The molecule has 1 unspecified atom stereocenters. The van der Waals surface area contributed by atoms with Gasteiger partial charge in [0.15, 0.2) is 0 Å². The summed E-state index contributed by atoms with van der Waals surface area (Å²) in [6.45, 7) is 3.95. The molecule has 4 nitrogen and oxygen atoms in total. The Balaban J connectivity index is 2.96. The molecule has 0 fully saturated rings. The van der Waals surface area contributed by atoms with Crippen molar-refractivity contribution in [2.75, 3.05) is 7.11 Å². The van der Waals surface area contributed by atoms with E-state index in [1.807, 2.05) is 19.9 Å². The summed E-state index contributed by atoms with van der Waals surface area (Å²) in [6, 6.07) is 1.56. The number of esters is 1. The zero-order valence-corrected chi connectivity index (χ0v) is 11.1. The van der Waals surface area contributed by atoms with Crippen molar-refractivity contribution in [3.05, 3.63) is 28.5 Å². The fourth-order valence-corrected chi connectivity index (χ4v) is 1.72. The largest absolute Gasteiger partial charge is 0.468 e. The van der Waals surface area contributed by atoms with Gasteiger partial charge in [-0.05, 0) is 41.4 Å². The third-order valence-electron chi connectivity index (χ3n) is 2.00.